The van der Waals surface area contributed by atoms with Crippen molar-refractivity contribution in [3.63, 3.8) is 0 Å². The van der Waals surface area contributed by atoms with Gasteiger partial charge in [0.15, 0.2) is 0 Å². The van der Waals surface area contributed by atoms with E-state index in [4.69, 9.17) is 5.73 Å². The summed E-state index contributed by atoms with van der Waals surface area (Å²) in [5.74, 6) is 0. The second-order valence-electron chi connectivity index (χ2n) is 5.81. The Morgan fingerprint density at radius 3 is 2.94 bits per heavy atom. The number of nitrogens with one attached hydrogen (secondary N) is 1. The SMILES string of the molecule is CN/C=C(\C)c1ccc2c(c1)CCCC21CC1N. The van der Waals surface area contributed by atoms with E-state index in [0.29, 0.717) is 11.5 Å². The molecule has 3 N–H and O–H groups in total. The number of rotatable bonds is 2. The zero-order valence-corrected chi connectivity index (χ0v) is 11.3. The molecule has 18 heavy (non-hydrogen) atoms. The van der Waals surface area contributed by atoms with Gasteiger partial charge in [0, 0.05) is 18.5 Å². The van der Waals surface area contributed by atoms with Crippen molar-refractivity contribution in [3.05, 3.63) is 41.1 Å². The van der Waals surface area contributed by atoms with Gasteiger partial charge in [0.1, 0.15) is 0 Å². The van der Waals surface area contributed by atoms with Gasteiger partial charge in [-0.05, 0) is 61.1 Å². The molecule has 1 saturated carbocycles. The number of hydrogen-bond donors (Lipinski definition) is 2. The van der Waals surface area contributed by atoms with E-state index in [9.17, 15) is 0 Å². The summed E-state index contributed by atoms with van der Waals surface area (Å²) in [5, 5.41) is 3.10. The third-order valence-corrected chi connectivity index (χ3v) is 4.66. The molecular weight excluding hydrogens is 220 g/mol. The number of fused-ring (bicyclic) bond motifs is 2. The van der Waals surface area contributed by atoms with E-state index in [-0.39, 0.29) is 0 Å². The number of aryl methyl sites for hydroxylation is 1. The number of nitrogens with two attached hydrogens (primary N) is 1. The molecule has 2 aliphatic rings. The second kappa shape index (κ2) is 4.13. The quantitative estimate of drug-likeness (QED) is 0.836. The van der Waals surface area contributed by atoms with Gasteiger partial charge in [-0.15, -0.1) is 0 Å². The first-order valence-electron chi connectivity index (χ1n) is 6.91. The largest absolute Gasteiger partial charge is 0.394 e. The summed E-state index contributed by atoms with van der Waals surface area (Å²) in [5.41, 5.74) is 12.2. The summed E-state index contributed by atoms with van der Waals surface area (Å²) in [4.78, 5) is 0. The molecule has 1 aromatic rings. The first-order chi connectivity index (χ1) is 8.67. The summed E-state index contributed by atoms with van der Waals surface area (Å²) in [6, 6.07) is 7.34. The number of hydrogen-bond acceptors (Lipinski definition) is 2. The van der Waals surface area contributed by atoms with Gasteiger partial charge in [-0.2, -0.15) is 0 Å². The van der Waals surface area contributed by atoms with Gasteiger partial charge in [-0.25, -0.2) is 0 Å². The molecule has 2 aliphatic carbocycles. The van der Waals surface area contributed by atoms with Crippen LogP contribution in [-0.4, -0.2) is 13.1 Å². The Morgan fingerprint density at radius 1 is 1.50 bits per heavy atom. The molecule has 96 valence electrons. The summed E-state index contributed by atoms with van der Waals surface area (Å²) >= 11 is 0. The molecule has 2 unspecified atom stereocenters. The Bertz CT molecular complexity index is 504. The molecule has 0 amide bonds. The summed E-state index contributed by atoms with van der Waals surface area (Å²) in [6.45, 7) is 2.15. The lowest BCUT2D eigenvalue weighted by Crippen LogP contribution is -2.23. The van der Waals surface area contributed by atoms with Gasteiger partial charge in [0.25, 0.3) is 0 Å². The van der Waals surface area contributed by atoms with E-state index in [0.717, 1.165) is 0 Å². The Hall–Kier alpha value is -1.28. The average Bonchev–Trinajstić information content (AvgIpc) is 3.00. The van der Waals surface area contributed by atoms with Crippen LogP contribution >= 0.6 is 0 Å². The maximum absolute atomic E-state index is 6.17. The maximum atomic E-state index is 6.17. The lowest BCUT2D eigenvalue weighted by atomic mass is 9.78. The number of allylic oxidation sites excluding steroid dienone is 1. The lowest BCUT2D eigenvalue weighted by molar-refractivity contribution is 0.526. The Morgan fingerprint density at radius 2 is 2.28 bits per heavy atom. The van der Waals surface area contributed by atoms with Crippen LogP contribution in [0.5, 0.6) is 0 Å². The monoisotopic (exact) mass is 242 g/mol. The van der Waals surface area contributed by atoms with E-state index < -0.39 is 0 Å². The van der Waals surface area contributed by atoms with Gasteiger partial charge >= 0.3 is 0 Å². The fraction of sp³-hybridized carbons (Fsp3) is 0.500. The first kappa shape index (κ1) is 11.8. The topological polar surface area (TPSA) is 38.0 Å². The second-order valence-corrected chi connectivity index (χ2v) is 5.81. The summed E-state index contributed by atoms with van der Waals surface area (Å²) in [7, 11) is 1.94. The molecular formula is C16H22N2. The highest BCUT2D eigenvalue weighted by atomic mass is 14.8. The van der Waals surface area contributed by atoms with Crippen LogP contribution in [0.3, 0.4) is 0 Å². The Balaban J connectivity index is 1.99. The van der Waals surface area contributed by atoms with E-state index in [1.807, 2.05) is 7.05 Å². The molecule has 1 spiro atoms. The van der Waals surface area contributed by atoms with Gasteiger partial charge in [0.2, 0.25) is 0 Å². The van der Waals surface area contributed by atoms with E-state index in [1.54, 1.807) is 0 Å². The van der Waals surface area contributed by atoms with Crippen LogP contribution in [0.4, 0.5) is 0 Å². The number of benzene rings is 1. The standard InChI is InChI=1S/C16H22N2/c1-11(10-18-2)12-5-6-14-13(8-12)4-3-7-16(14)9-15(16)17/h5-6,8,10,15,18H,3-4,7,9,17H2,1-2H3/b11-10+. The van der Waals surface area contributed by atoms with Gasteiger partial charge in [-0.1, -0.05) is 18.2 Å². The minimum Gasteiger partial charge on any atom is -0.394 e. The molecule has 2 heteroatoms. The normalized spacial score (nSPS) is 30.2. The van der Waals surface area contributed by atoms with E-state index in [1.165, 1.54) is 47.9 Å². The van der Waals surface area contributed by atoms with Crippen molar-refractivity contribution >= 4 is 5.57 Å². The van der Waals surface area contributed by atoms with Crippen LogP contribution in [-0.2, 0) is 11.8 Å². The fourth-order valence-corrected chi connectivity index (χ4v) is 3.49. The van der Waals surface area contributed by atoms with Gasteiger partial charge < -0.3 is 11.1 Å². The summed E-state index contributed by atoms with van der Waals surface area (Å²) < 4.78 is 0. The molecule has 2 nitrogen and oxygen atoms in total. The van der Waals surface area contributed by atoms with Crippen molar-refractivity contribution in [1.29, 1.82) is 0 Å². The molecule has 2 atom stereocenters. The van der Waals surface area contributed by atoms with Crippen molar-refractivity contribution in [1.82, 2.24) is 5.32 Å². The van der Waals surface area contributed by atoms with E-state index >= 15 is 0 Å². The molecule has 1 aromatic carbocycles. The highest BCUT2D eigenvalue weighted by molar-refractivity contribution is 5.65. The van der Waals surface area contributed by atoms with E-state index in [2.05, 4.69) is 36.6 Å². The molecule has 3 rings (SSSR count). The minimum absolute atomic E-state index is 0.340. The molecule has 1 fully saturated rings. The Labute approximate surface area is 109 Å². The molecule has 0 heterocycles. The average molecular weight is 242 g/mol. The fourth-order valence-electron chi connectivity index (χ4n) is 3.49. The molecule has 0 bridgehead atoms. The van der Waals surface area contributed by atoms with Crippen molar-refractivity contribution in [2.45, 2.75) is 44.1 Å². The van der Waals surface area contributed by atoms with Crippen molar-refractivity contribution in [2.24, 2.45) is 5.73 Å². The molecule has 0 aliphatic heterocycles. The van der Waals surface area contributed by atoms with Crippen LogP contribution in [0.2, 0.25) is 0 Å². The van der Waals surface area contributed by atoms with Crippen LogP contribution in [0.1, 0.15) is 42.9 Å². The third kappa shape index (κ3) is 1.67. The maximum Gasteiger partial charge on any atom is 0.0146 e. The highest BCUT2D eigenvalue weighted by Crippen LogP contribution is 2.54. The van der Waals surface area contributed by atoms with Crippen LogP contribution in [0.25, 0.3) is 5.57 Å². The highest BCUT2D eigenvalue weighted by Gasteiger charge is 2.54. The first-order valence-corrected chi connectivity index (χ1v) is 6.91. The van der Waals surface area contributed by atoms with Crippen molar-refractivity contribution in [3.8, 4) is 0 Å². The van der Waals surface area contributed by atoms with Gasteiger partial charge in [-0.3, -0.25) is 0 Å². The third-order valence-electron chi connectivity index (χ3n) is 4.66. The predicted molar refractivity (Wildman–Crippen MR) is 76.4 cm³/mol. The van der Waals surface area contributed by atoms with Crippen LogP contribution in [0, 0.1) is 0 Å². The smallest absolute Gasteiger partial charge is 0.0146 e. The van der Waals surface area contributed by atoms with Gasteiger partial charge in [0.05, 0.1) is 0 Å². The Kier molecular flexibility index (Phi) is 2.70. The van der Waals surface area contributed by atoms with Crippen molar-refractivity contribution in [2.75, 3.05) is 7.05 Å². The van der Waals surface area contributed by atoms with Crippen LogP contribution in [0.15, 0.2) is 24.4 Å². The molecule has 0 saturated heterocycles. The lowest BCUT2D eigenvalue weighted by Gasteiger charge is -2.26. The predicted octanol–water partition coefficient (Wildman–Crippen LogP) is 2.57. The minimum atomic E-state index is 0.340. The zero-order valence-electron chi connectivity index (χ0n) is 11.3. The summed E-state index contributed by atoms with van der Waals surface area (Å²) in [6.07, 6.45) is 7.03. The molecule has 0 aromatic heterocycles. The van der Waals surface area contributed by atoms with Crippen molar-refractivity contribution < 1.29 is 0 Å². The molecule has 0 radical (unpaired) electrons. The zero-order chi connectivity index (χ0) is 12.8. The van der Waals surface area contributed by atoms with Crippen LogP contribution < -0.4 is 11.1 Å².